The summed E-state index contributed by atoms with van der Waals surface area (Å²) in [6.07, 6.45) is 2.33. The van der Waals surface area contributed by atoms with Gasteiger partial charge in [0.2, 0.25) is 0 Å². The van der Waals surface area contributed by atoms with E-state index in [0.717, 1.165) is 18.7 Å². The fourth-order valence-corrected chi connectivity index (χ4v) is 2.46. The molecule has 108 valence electrons. The Morgan fingerprint density at radius 1 is 1.43 bits per heavy atom. The standard InChI is InChI=1S/C13H16N8/c1-8-4-11(18-7-17-8)21-12(16)10(5-14)13(19-21)20-3-2-9(15)6-20/h4,7,9H,2-3,6,15-16H2,1H3. The Morgan fingerprint density at radius 3 is 2.86 bits per heavy atom. The van der Waals surface area contributed by atoms with E-state index in [0.29, 0.717) is 23.7 Å². The molecule has 0 spiro atoms. The highest BCUT2D eigenvalue weighted by Gasteiger charge is 2.27. The quantitative estimate of drug-likeness (QED) is 0.793. The van der Waals surface area contributed by atoms with E-state index >= 15 is 0 Å². The minimum Gasteiger partial charge on any atom is -0.382 e. The van der Waals surface area contributed by atoms with Gasteiger partial charge in [-0.25, -0.2) is 9.97 Å². The van der Waals surface area contributed by atoms with E-state index in [1.807, 2.05) is 11.8 Å². The Labute approximate surface area is 122 Å². The smallest absolute Gasteiger partial charge is 0.171 e. The van der Waals surface area contributed by atoms with Crippen LogP contribution in [-0.2, 0) is 0 Å². The van der Waals surface area contributed by atoms with Crippen LogP contribution in [-0.4, -0.2) is 38.9 Å². The van der Waals surface area contributed by atoms with Crippen LogP contribution in [0.1, 0.15) is 17.7 Å². The van der Waals surface area contributed by atoms with Crippen LogP contribution >= 0.6 is 0 Å². The van der Waals surface area contributed by atoms with Crippen LogP contribution in [0.4, 0.5) is 11.6 Å². The summed E-state index contributed by atoms with van der Waals surface area (Å²) in [6, 6.07) is 4.00. The number of aromatic nitrogens is 4. The number of hydrogen-bond acceptors (Lipinski definition) is 7. The summed E-state index contributed by atoms with van der Waals surface area (Å²) in [4.78, 5) is 10.2. The first kappa shape index (κ1) is 13.3. The molecular weight excluding hydrogens is 268 g/mol. The molecule has 0 saturated carbocycles. The van der Waals surface area contributed by atoms with E-state index in [2.05, 4.69) is 21.1 Å². The highest BCUT2D eigenvalue weighted by molar-refractivity contribution is 5.67. The Morgan fingerprint density at radius 2 is 2.24 bits per heavy atom. The number of anilines is 2. The number of nitrogens with zero attached hydrogens (tertiary/aromatic N) is 6. The van der Waals surface area contributed by atoms with Gasteiger partial charge in [0.05, 0.1) is 0 Å². The molecule has 8 heteroatoms. The fourth-order valence-electron chi connectivity index (χ4n) is 2.46. The second-order valence-corrected chi connectivity index (χ2v) is 5.12. The van der Waals surface area contributed by atoms with Gasteiger partial charge in [-0.15, -0.1) is 5.10 Å². The van der Waals surface area contributed by atoms with Gasteiger partial charge in [-0.1, -0.05) is 0 Å². The fraction of sp³-hybridized carbons (Fsp3) is 0.385. The van der Waals surface area contributed by atoms with Crippen molar-refractivity contribution in [3.8, 4) is 11.9 Å². The number of nitrogen functional groups attached to an aromatic ring is 1. The van der Waals surface area contributed by atoms with E-state index in [1.165, 1.54) is 11.0 Å². The molecule has 21 heavy (non-hydrogen) atoms. The van der Waals surface area contributed by atoms with Gasteiger partial charge >= 0.3 is 0 Å². The lowest BCUT2D eigenvalue weighted by atomic mass is 10.3. The number of hydrogen-bond donors (Lipinski definition) is 2. The van der Waals surface area contributed by atoms with Gasteiger partial charge in [0.15, 0.2) is 11.6 Å². The molecule has 0 bridgehead atoms. The molecule has 3 rings (SSSR count). The van der Waals surface area contributed by atoms with Crippen LogP contribution in [0, 0.1) is 18.3 Å². The molecule has 1 saturated heterocycles. The molecule has 1 unspecified atom stereocenters. The number of rotatable bonds is 2. The summed E-state index contributed by atoms with van der Waals surface area (Å²) in [7, 11) is 0. The average Bonchev–Trinajstić information content (AvgIpc) is 3.02. The van der Waals surface area contributed by atoms with Gasteiger partial charge in [0, 0.05) is 30.9 Å². The minimum atomic E-state index is 0.101. The van der Waals surface area contributed by atoms with Gasteiger partial charge in [-0.05, 0) is 13.3 Å². The van der Waals surface area contributed by atoms with Crippen molar-refractivity contribution in [2.24, 2.45) is 5.73 Å². The lowest BCUT2D eigenvalue weighted by molar-refractivity contribution is 0.750. The predicted octanol–water partition coefficient (Wildman–Crippen LogP) is -0.0380. The van der Waals surface area contributed by atoms with Crippen LogP contribution in [0.5, 0.6) is 0 Å². The normalized spacial score (nSPS) is 18.0. The third-order valence-electron chi connectivity index (χ3n) is 3.55. The maximum Gasteiger partial charge on any atom is 0.171 e. The monoisotopic (exact) mass is 284 g/mol. The van der Waals surface area contributed by atoms with E-state index in [-0.39, 0.29) is 11.9 Å². The molecule has 2 aromatic rings. The Kier molecular flexibility index (Phi) is 3.19. The first-order valence-electron chi connectivity index (χ1n) is 6.68. The maximum atomic E-state index is 9.37. The highest BCUT2D eigenvalue weighted by Crippen LogP contribution is 2.28. The summed E-state index contributed by atoms with van der Waals surface area (Å²) in [5.41, 5.74) is 13.1. The topological polar surface area (TPSA) is 123 Å². The lowest BCUT2D eigenvalue weighted by Crippen LogP contribution is -2.27. The molecule has 1 fully saturated rings. The van der Waals surface area contributed by atoms with E-state index < -0.39 is 0 Å². The number of nitriles is 1. The van der Waals surface area contributed by atoms with Crippen molar-refractivity contribution in [2.45, 2.75) is 19.4 Å². The zero-order valence-corrected chi connectivity index (χ0v) is 11.7. The molecule has 0 amide bonds. The molecule has 1 aliphatic rings. The number of aryl methyl sites for hydroxylation is 1. The van der Waals surface area contributed by atoms with E-state index in [1.54, 1.807) is 6.07 Å². The highest BCUT2D eigenvalue weighted by atomic mass is 15.4. The van der Waals surface area contributed by atoms with Crippen LogP contribution in [0.3, 0.4) is 0 Å². The van der Waals surface area contributed by atoms with Crippen LogP contribution in [0.25, 0.3) is 5.82 Å². The lowest BCUT2D eigenvalue weighted by Gasteiger charge is -2.14. The van der Waals surface area contributed by atoms with Crippen molar-refractivity contribution in [3.05, 3.63) is 23.7 Å². The van der Waals surface area contributed by atoms with Gasteiger partial charge < -0.3 is 16.4 Å². The second-order valence-electron chi connectivity index (χ2n) is 5.12. The molecule has 8 nitrogen and oxygen atoms in total. The number of nitrogens with two attached hydrogens (primary N) is 2. The average molecular weight is 284 g/mol. The van der Waals surface area contributed by atoms with Crippen molar-refractivity contribution in [1.29, 1.82) is 5.26 Å². The zero-order chi connectivity index (χ0) is 15.0. The summed E-state index contributed by atoms with van der Waals surface area (Å²) in [6.45, 7) is 3.31. The maximum absolute atomic E-state index is 9.37. The summed E-state index contributed by atoms with van der Waals surface area (Å²) >= 11 is 0. The molecule has 1 aliphatic heterocycles. The van der Waals surface area contributed by atoms with Crippen molar-refractivity contribution in [2.75, 3.05) is 23.7 Å². The summed E-state index contributed by atoms with van der Waals surface area (Å²) in [5.74, 6) is 1.40. The molecule has 0 aromatic carbocycles. The van der Waals surface area contributed by atoms with Crippen LogP contribution in [0.2, 0.25) is 0 Å². The first-order valence-corrected chi connectivity index (χ1v) is 6.68. The third kappa shape index (κ3) is 2.28. The second kappa shape index (κ2) is 5.03. The molecule has 4 N–H and O–H groups in total. The molecule has 2 aromatic heterocycles. The SMILES string of the molecule is Cc1cc(-n2nc(N3CCC(N)C3)c(C#N)c2N)ncn1. The molecule has 1 atom stereocenters. The van der Waals surface area contributed by atoms with Crippen molar-refractivity contribution >= 4 is 11.6 Å². The summed E-state index contributed by atoms with van der Waals surface area (Å²) in [5, 5.41) is 13.8. The molecular formula is C13H16N8. The molecule has 0 radical (unpaired) electrons. The van der Waals surface area contributed by atoms with E-state index in [4.69, 9.17) is 11.5 Å². The minimum absolute atomic E-state index is 0.101. The van der Waals surface area contributed by atoms with Crippen molar-refractivity contribution in [3.63, 3.8) is 0 Å². The largest absolute Gasteiger partial charge is 0.382 e. The van der Waals surface area contributed by atoms with Gasteiger partial charge in [0.25, 0.3) is 0 Å². The zero-order valence-electron chi connectivity index (χ0n) is 11.7. The van der Waals surface area contributed by atoms with Crippen molar-refractivity contribution in [1.82, 2.24) is 19.7 Å². The van der Waals surface area contributed by atoms with Crippen LogP contribution < -0.4 is 16.4 Å². The Balaban J connectivity index is 2.08. The van der Waals surface area contributed by atoms with Crippen molar-refractivity contribution < 1.29 is 0 Å². The third-order valence-corrected chi connectivity index (χ3v) is 3.55. The van der Waals surface area contributed by atoms with E-state index in [9.17, 15) is 5.26 Å². The Bertz CT molecular complexity index is 713. The predicted molar refractivity (Wildman–Crippen MR) is 77.8 cm³/mol. The van der Waals surface area contributed by atoms with Gasteiger partial charge in [-0.3, -0.25) is 0 Å². The Hall–Kier alpha value is -2.66. The van der Waals surface area contributed by atoms with Crippen LogP contribution in [0.15, 0.2) is 12.4 Å². The van der Waals surface area contributed by atoms with Gasteiger partial charge in [0.1, 0.15) is 23.8 Å². The summed E-state index contributed by atoms with van der Waals surface area (Å²) < 4.78 is 1.48. The first-order chi connectivity index (χ1) is 10.1. The van der Waals surface area contributed by atoms with Gasteiger partial charge in [-0.2, -0.15) is 9.94 Å². The molecule has 0 aliphatic carbocycles. The molecule has 3 heterocycles.